The summed E-state index contributed by atoms with van der Waals surface area (Å²) in [6, 6.07) is 5.04. The molecule has 1 aromatic heterocycles. The van der Waals surface area contributed by atoms with E-state index < -0.39 is 11.9 Å². The molecular weight excluding hydrogens is 358 g/mol. The molecule has 1 aromatic carbocycles. The Morgan fingerprint density at radius 2 is 2.04 bits per heavy atom. The van der Waals surface area contributed by atoms with Crippen LogP contribution in [0.3, 0.4) is 0 Å². The average molecular weight is 376 g/mol. The van der Waals surface area contributed by atoms with Crippen molar-refractivity contribution in [3.8, 4) is 0 Å². The molecule has 0 radical (unpaired) electrons. The average Bonchev–Trinajstić information content (AvgIpc) is 2.76. The van der Waals surface area contributed by atoms with E-state index in [1.54, 1.807) is 32.2 Å². The van der Waals surface area contributed by atoms with E-state index in [1.165, 1.54) is 4.57 Å². The molecule has 1 N–H and O–H groups in total. The number of ether oxygens (including phenoxy) is 1. The molecule has 136 valence electrons. The molecule has 0 amide bonds. The number of halogens is 1. The molecule has 7 heteroatoms. The van der Waals surface area contributed by atoms with Crippen molar-refractivity contribution in [3.05, 3.63) is 56.9 Å². The van der Waals surface area contributed by atoms with Gasteiger partial charge in [-0.15, -0.1) is 0 Å². The molecule has 0 saturated carbocycles. The Kier molecular flexibility index (Phi) is 4.87. The quantitative estimate of drug-likeness (QED) is 0.830. The van der Waals surface area contributed by atoms with Crippen LogP contribution in [0.5, 0.6) is 0 Å². The molecule has 1 aliphatic rings. The van der Waals surface area contributed by atoms with Gasteiger partial charge in [0.2, 0.25) is 5.78 Å². The lowest BCUT2D eigenvalue weighted by atomic mass is 10.0. The molecule has 2 aromatic rings. The van der Waals surface area contributed by atoms with Gasteiger partial charge in [-0.05, 0) is 49.1 Å². The largest absolute Gasteiger partial charge is 0.478 e. The fraction of sp³-hybridized carbons (Fsp3) is 0.316. The van der Waals surface area contributed by atoms with Gasteiger partial charge in [0.05, 0.1) is 24.3 Å². The Morgan fingerprint density at radius 3 is 2.69 bits per heavy atom. The maximum absolute atomic E-state index is 13.1. The molecule has 3 rings (SSSR count). The van der Waals surface area contributed by atoms with Gasteiger partial charge in [-0.3, -0.25) is 9.59 Å². The summed E-state index contributed by atoms with van der Waals surface area (Å²) in [6.45, 7) is 1.89. The van der Waals surface area contributed by atoms with Crippen LogP contribution in [0.15, 0.2) is 18.2 Å². The molecule has 1 heterocycles. The molecule has 0 saturated heterocycles. The van der Waals surface area contributed by atoms with E-state index in [4.69, 9.17) is 16.3 Å². The number of benzene rings is 1. The lowest BCUT2D eigenvalue weighted by Gasteiger charge is -2.09. The zero-order valence-electron chi connectivity index (χ0n) is 14.5. The summed E-state index contributed by atoms with van der Waals surface area (Å²) in [5.74, 6) is -1.94. The molecule has 0 bridgehead atoms. The van der Waals surface area contributed by atoms with Gasteiger partial charge in [-0.25, -0.2) is 4.79 Å². The van der Waals surface area contributed by atoms with Crippen molar-refractivity contribution >= 4 is 29.3 Å². The van der Waals surface area contributed by atoms with Crippen LogP contribution in [0.25, 0.3) is 0 Å². The number of carbonyl (C=O) groups excluding carboxylic acids is 2. The lowest BCUT2D eigenvalue weighted by molar-refractivity contribution is -0.142. The van der Waals surface area contributed by atoms with Crippen LogP contribution in [-0.4, -0.2) is 34.0 Å². The SMILES string of the molecule is CCOC(=O)Cc1c(C(=O)O)c2c(n1C)C(=O)c1ccc(Cl)cc1CC2. The Hall–Kier alpha value is -2.60. The van der Waals surface area contributed by atoms with Crippen LogP contribution in [-0.2, 0) is 35.8 Å². The number of nitrogens with zero attached hydrogens (tertiary/aromatic N) is 1. The van der Waals surface area contributed by atoms with Crippen molar-refractivity contribution in [3.63, 3.8) is 0 Å². The molecular formula is C19H18ClNO5. The number of carboxylic acid groups (broad SMARTS) is 1. The number of carbonyl (C=O) groups is 3. The van der Waals surface area contributed by atoms with Crippen LogP contribution >= 0.6 is 11.6 Å². The van der Waals surface area contributed by atoms with E-state index in [-0.39, 0.29) is 30.1 Å². The van der Waals surface area contributed by atoms with Gasteiger partial charge in [-0.2, -0.15) is 0 Å². The summed E-state index contributed by atoms with van der Waals surface area (Å²) in [5.41, 5.74) is 2.37. The van der Waals surface area contributed by atoms with Crippen molar-refractivity contribution in [2.75, 3.05) is 6.61 Å². The summed E-state index contributed by atoms with van der Waals surface area (Å²) < 4.78 is 6.46. The highest BCUT2D eigenvalue weighted by Crippen LogP contribution is 2.32. The highest BCUT2D eigenvalue weighted by molar-refractivity contribution is 6.30. The minimum Gasteiger partial charge on any atom is -0.478 e. The number of ketones is 1. The number of hydrogen-bond donors (Lipinski definition) is 1. The van der Waals surface area contributed by atoms with E-state index in [1.807, 2.05) is 0 Å². The van der Waals surface area contributed by atoms with Crippen molar-refractivity contribution in [2.45, 2.75) is 26.2 Å². The van der Waals surface area contributed by atoms with E-state index in [0.29, 0.717) is 34.7 Å². The van der Waals surface area contributed by atoms with Crippen molar-refractivity contribution in [1.29, 1.82) is 0 Å². The van der Waals surface area contributed by atoms with Crippen LogP contribution in [0.2, 0.25) is 5.02 Å². The second-order valence-corrected chi connectivity index (χ2v) is 6.56. The van der Waals surface area contributed by atoms with E-state index in [9.17, 15) is 19.5 Å². The first kappa shape index (κ1) is 18.2. The monoisotopic (exact) mass is 375 g/mol. The topological polar surface area (TPSA) is 85.6 Å². The summed E-state index contributed by atoms with van der Waals surface area (Å²) >= 11 is 6.03. The van der Waals surface area contributed by atoms with Gasteiger partial charge in [0.1, 0.15) is 0 Å². The number of hydrogen-bond acceptors (Lipinski definition) is 4. The standard InChI is InChI=1S/C19H18ClNO5/c1-3-26-15(22)9-14-16(19(24)25)13-6-4-10-8-11(20)5-7-12(10)18(23)17(13)21(14)2/h5,7-8H,3-4,6,9H2,1-2H3,(H,24,25). The Balaban J connectivity index is 2.17. The van der Waals surface area contributed by atoms with Crippen LogP contribution in [0.4, 0.5) is 0 Å². The number of carboxylic acids is 1. The maximum Gasteiger partial charge on any atom is 0.337 e. The highest BCUT2D eigenvalue weighted by Gasteiger charge is 2.33. The molecule has 0 spiro atoms. The third-order valence-corrected chi connectivity index (χ3v) is 4.85. The Bertz CT molecular complexity index is 928. The molecule has 0 unspecified atom stereocenters. The fourth-order valence-corrected chi connectivity index (χ4v) is 3.71. The van der Waals surface area contributed by atoms with Gasteiger partial charge in [0.15, 0.2) is 0 Å². The zero-order valence-corrected chi connectivity index (χ0v) is 15.2. The lowest BCUT2D eigenvalue weighted by Crippen LogP contribution is -2.15. The van der Waals surface area contributed by atoms with Gasteiger partial charge in [0, 0.05) is 23.3 Å². The highest BCUT2D eigenvalue weighted by atomic mass is 35.5. The third-order valence-electron chi connectivity index (χ3n) is 4.62. The van der Waals surface area contributed by atoms with Gasteiger partial charge in [0.25, 0.3) is 0 Å². The number of aryl methyl sites for hydroxylation is 1. The molecule has 0 fully saturated rings. The third kappa shape index (κ3) is 3.01. The van der Waals surface area contributed by atoms with Gasteiger partial charge in [-0.1, -0.05) is 11.6 Å². The minimum atomic E-state index is -1.15. The normalized spacial score (nSPS) is 13.0. The number of esters is 1. The fourth-order valence-electron chi connectivity index (χ4n) is 3.52. The summed E-state index contributed by atoms with van der Waals surface area (Å²) in [6.07, 6.45) is 0.685. The number of aromatic nitrogens is 1. The summed E-state index contributed by atoms with van der Waals surface area (Å²) in [5, 5.41) is 10.3. The summed E-state index contributed by atoms with van der Waals surface area (Å²) in [4.78, 5) is 36.9. The van der Waals surface area contributed by atoms with Crippen molar-refractivity contribution < 1.29 is 24.2 Å². The van der Waals surface area contributed by atoms with Crippen molar-refractivity contribution in [1.82, 2.24) is 4.57 Å². The minimum absolute atomic E-state index is 0.0165. The zero-order chi connectivity index (χ0) is 19.0. The number of fused-ring (bicyclic) bond motifs is 2. The first-order valence-corrected chi connectivity index (χ1v) is 8.65. The van der Waals surface area contributed by atoms with E-state index in [0.717, 1.165) is 5.56 Å². The van der Waals surface area contributed by atoms with E-state index in [2.05, 4.69) is 0 Å². The van der Waals surface area contributed by atoms with Crippen LogP contribution in [0, 0.1) is 0 Å². The first-order valence-electron chi connectivity index (χ1n) is 8.27. The predicted octanol–water partition coefficient (Wildman–Crippen LogP) is 2.81. The van der Waals surface area contributed by atoms with Gasteiger partial charge >= 0.3 is 11.9 Å². The van der Waals surface area contributed by atoms with E-state index >= 15 is 0 Å². The van der Waals surface area contributed by atoms with Crippen LogP contribution < -0.4 is 0 Å². The number of rotatable bonds is 4. The molecule has 0 aliphatic heterocycles. The van der Waals surface area contributed by atoms with Crippen LogP contribution in [0.1, 0.15) is 50.2 Å². The number of aromatic carboxylic acids is 1. The smallest absolute Gasteiger partial charge is 0.337 e. The Labute approximate surface area is 155 Å². The van der Waals surface area contributed by atoms with Crippen molar-refractivity contribution in [2.24, 2.45) is 7.05 Å². The molecule has 0 atom stereocenters. The molecule has 6 nitrogen and oxygen atoms in total. The summed E-state index contributed by atoms with van der Waals surface area (Å²) in [7, 11) is 1.61. The molecule has 26 heavy (non-hydrogen) atoms. The van der Waals surface area contributed by atoms with Gasteiger partial charge < -0.3 is 14.4 Å². The second-order valence-electron chi connectivity index (χ2n) is 6.13. The predicted molar refractivity (Wildman–Crippen MR) is 95.0 cm³/mol. The second kappa shape index (κ2) is 6.96. The molecule has 1 aliphatic carbocycles. The Morgan fingerprint density at radius 1 is 1.31 bits per heavy atom. The maximum atomic E-state index is 13.1. The first-order chi connectivity index (χ1) is 12.3.